The molecule has 0 bridgehead atoms. The van der Waals surface area contributed by atoms with Crippen LogP contribution in [0, 0.1) is 10.1 Å². The van der Waals surface area contributed by atoms with Crippen LogP contribution in [0.5, 0.6) is 0 Å². The zero-order valence-corrected chi connectivity index (χ0v) is 16.7. The van der Waals surface area contributed by atoms with Gasteiger partial charge >= 0.3 is 0 Å². The van der Waals surface area contributed by atoms with Crippen molar-refractivity contribution in [3.63, 3.8) is 0 Å². The molecule has 3 aromatic rings. The van der Waals surface area contributed by atoms with Gasteiger partial charge in [0.25, 0.3) is 17.5 Å². The Balaban J connectivity index is 1.78. The van der Waals surface area contributed by atoms with Crippen molar-refractivity contribution in [2.24, 2.45) is 0 Å². The molecular formula is C24H21N3O4. The van der Waals surface area contributed by atoms with Crippen molar-refractivity contribution in [3.8, 4) is 0 Å². The summed E-state index contributed by atoms with van der Waals surface area (Å²) < 4.78 is 0. The summed E-state index contributed by atoms with van der Waals surface area (Å²) in [4.78, 5) is 35.9. The fourth-order valence-corrected chi connectivity index (χ4v) is 2.84. The zero-order valence-electron chi connectivity index (χ0n) is 16.7. The highest BCUT2D eigenvalue weighted by Crippen LogP contribution is 2.15. The summed E-state index contributed by atoms with van der Waals surface area (Å²) in [6, 6.07) is 24.3. The van der Waals surface area contributed by atoms with Crippen LogP contribution in [0.1, 0.15) is 16.7 Å². The third kappa shape index (κ3) is 6.37. The first-order valence-electron chi connectivity index (χ1n) is 9.63. The van der Waals surface area contributed by atoms with E-state index in [1.54, 1.807) is 0 Å². The summed E-state index contributed by atoms with van der Waals surface area (Å²) in [7, 11) is 0. The van der Waals surface area contributed by atoms with Gasteiger partial charge in [-0.05, 0) is 34.9 Å². The second-order valence-corrected chi connectivity index (χ2v) is 6.74. The molecule has 0 aliphatic carbocycles. The van der Waals surface area contributed by atoms with Gasteiger partial charge in [0.05, 0.1) is 4.92 Å². The lowest BCUT2D eigenvalue weighted by Crippen LogP contribution is -2.34. The molecule has 31 heavy (non-hydrogen) atoms. The Labute approximate surface area is 179 Å². The Kier molecular flexibility index (Phi) is 7.26. The van der Waals surface area contributed by atoms with Gasteiger partial charge in [0.1, 0.15) is 5.57 Å². The Morgan fingerprint density at radius 2 is 1.19 bits per heavy atom. The Bertz CT molecular complexity index is 1020. The summed E-state index contributed by atoms with van der Waals surface area (Å²) in [6.45, 7) is 0.534. The predicted octanol–water partition coefficient (Wildman–Crippen LogP) is 3.61. The normalized spacial score (nSPS) is 10.1. The molecule has 2 amide bonds. The van der Waals surface area contributed by atoms with Crippen LogP contribution < -0.4 is 10.6 Å². The second-order valence-electron chi connectivity index (χ2n) is 6.74. The molecular weight excluding hydrogens is 394 g/mol. The van der Waals surface area contributed by atoms with Gasteiger partial charge in [-0.15, -0.1) is 0 Å². The molecule has 0 heterocycles. The summed E-state index contributed by atoms with van der Waals surface area (Å²) in [6.07, 6.45) is 1.42. The van der Waals surface area contributed by atoms with Gasteiger partial charge in [0, 0.05) is 25.2 Å². The second kappa shape index (κ2) is 10.5. The average molecular weight is 415 g/mol. The Morgan fingerprint density at radius 1 is 0.742 bits per heavy atom. The quantitative estimate of drug-likeness (QED) is 0.193. The summed E-state index contributed by atoms with van der Waals surface area (Å²) in [5, 5.41) is 16.4. The smallest absolute Gasteiger partial charge is 0.269 e. The maximum Gasteiger partial charge on any atom is 0.269 e. The van der Waals surface area contributed by atoms with E-state index in [0.29, 0.717) is 5.56 Å². The van der Waals surface area contributed by atoms with E-state index < -0.39 is 16.7 Å². The number of nitro groups is 1. The third-order valence-corrected chi connectivity index (χ3v) is 4.50. The molecule has 3 rings (SSSR count). The number of nitro benzene ring substituents is 1. The highest BCUT2D eigenvalue weighted by atomic mass is 16.6. The standard InChI is InChI=1S/C24H21N3O4/c28-23(25-16-19-7-3-1-4-8-19)22(15-18-11-13-21(14-12-18)27(30)31)24(29)26-17-20-9-5-2-6-10-20/h1-15H,16-17H2,(H,25,28)(H,26,29). The number of carbonyl (C=O) groups excluding carboxylic acids is 2. The van der Waals surface area contributed by atoms with Gasteiger partial charge in [-0.1, -0.05) is 60.7 Å². The number of nitrogens with one attached hydrogen (secondary N) is 2. The lowest BCUT2D eigenvalue weighted by atomic mass is 10.1. The lowest BCUT2D eigenvalue weighted by molar-refractivity contribution is -0.384. The summed E-state index contributed by atoms with van der Waals surface area (Å²) >= 11 is 0. The molecule has 0 aliphatic heterocycles. The lowest BCUT2D eigenvalue weighted by Gasteiger charge is -2.11. The van der Waals surface area contributed by atoms with E-state index >= 15 is 0 Å². The van der Waals surface area contributed by atoms with Crippen LogP contribution in [0.15, 0.2) is 90.5 Å². The highest BCUT2D eigenvalue weighted by molar-refractivity contribution is 6.21. The Hall–Kier alpha value is -4.26. The number of hydrogen-bond acceptors (Lipinski definition) is 4. The van der Waals surface area contributed by atoms with Crippen molar-refractivity contribution in [1.82, 2.24) is 10.6 Å². The highest BCUT2D eigenvalue weighted by Gasteiger charge is 2.18. The van der Waals surface area contributed by atoms with Crippen molar-refractivity contribution in [1.29, 1.82) is 0 Å². The van der Waals surface area contributed by atoms with Gasteiger partial charge in [-0.25, -0.2) is 0 Å². The minimum Gasteiger partial charge on any atom is -0.348 e. The molecule has 3 aromatic carbocycles. The number of benzene rings is 3. The number of non-ortho nitro benzene ring substituents is 1. The SMILES string of the molecule is O=C(NCc1ccccc1)C(=Cc1ccc([N+](=O)[O-])cc1)C(=O)NCc1ccccc1. The van der Waals surface area contributed by atoms with Crippen LogP contribution in [0.3, 0.4) is 0 Å². The molecule has 0 radical (unpaired) electrons. The fourth-order valence-electron chi connectivity index (χ4n) is 2.84. The van der Waals surface area contributed by atoms with Crippen molar-refractivity contribution in [3.05, 3.63) is 117 Å². The molecule has 0 saturated carbocycles. The minimum atomic E-state index is -0.534. The molecule has 0 atom stereocenters. The van der Waals surface area contributed by atoms with Crippen molar-refractivity contribution >= 4 is 23.6 Å². The van der Waals surface area contributed by atoms with E-state index in [2.05, 4.69) is 10.6 Å². The molecule has 0 aromatic heterocycles. The molecule has 0 fully saturated rings. The van der Waals surface area contributed by atoms with Crippen molar-refractivity contribution < 1.29 is 14.5 Å². The van der Waals surface area contributed by atoms with E-state index in [1.807, 2.05) is 60.7 Å². The molecule has 2 N–H and O–H groups in total. The van der Waals surface area contributed by atoms with Crippen molar-refractivity contribution in [2.45, 2.75) is 13.1 Å². The zero-order chi connectivity index (χ0) is 22.1. The number of amides is 2. The third-order valence-electron chi connectivity index (χ3n) is 4.50. The van der Waals surface area contributed by atoms with Crippen LogP contribution in [-0.4, -0.2) is 16.7 Å². The minimum absolute atomic E-state index is 0.0687. The van der Waals surface area contributed by atoms with E-state index in [9.17, 15) is 19.7 Å². The molecule has 0 aliphatic rings. The molecule has 7 heteroatoms. The molecule has 0 spiro atoms. The molecule has 0 saturated heterocycles. The largest absolute Gasteiger partial charge is 0.348 e. The number of hydrogen-bond donors (Lipinski definition) is 2. The Morgan fingerprint density at radius 3 is 1.61 bits per heavy atom. The van der Waals surface area contributed by atoms with Gasteiger partial charge in [0.15, 0.2) is 0 Å². The maximum absolute atomic E-state index is 12.8. The molecule has 156 valence electrons. The maximum atomic E-state index is 12.8. The van der Waals surface area contributed by atoms with Crippen LogP contribution >= 0.6 is 0 Å². The van der Waals surface area contributed by atoms with E-state index in [1.165, 1.54) is 30.3 Å². The molecule has 7 nitrogen and oxygen atoms in total. The van der Waals surface area contributed by atoms with Gasteiger partial charge in [-0.3, -0.25) is 19.7 Å². The number of nitrogens with zero attached hydrogens (tertiary/aromatic N) is 1. The van der Waals surface area contributed by atoms with Crippen molar-refractivity contribution in [2.75, 3.05) is 0 Å². The summed E-state index contributed by atoms with van der Waals surface area (Å²) in [5.41, 5.74) is 2.15. The van der Waals surface area contributed by atoms with Gasteiger partial charge < -0.3 is 10.6 Å². The summed E-state index contributed by atoms with van der Waals surface area (Å²) in [5.74, 6) is -1.07. The van der Waals surface area contributed by atoms with Gasteiger partial charge in [-0.2, -0.15) is 0 Å². The van der Waals surface area contributed by atoms with Crippen LogP contribution in [0.4, 0.5) is 5.69 Å². The monoisotopic (exact) mass is 415 g/mol. The first-order chi connectivity index (χ1) is 15.0. The topological polar surface area (TPSA) is 101 Å². The van der Waals surface area contributed by atoms with Crippen LogP contribution in [0.25, 0.3) is 6.08 Å². The first-order valence-corrected chi connectivity index (χ1v) is 9.63. The average Bonchev–Trinajstić information content (AvgIpc) is 2.81. The van der Waals surface area contributed by atoms with E-state index in [-0.39, 0.29) is 24.4 Å². The van der Waals surface area contributed by atoms with Gasteiger partial charge in [0.2, 0.25) is 0 Å². The van der Waals surface area contributed by atoms with E-state index in [0.717, 1.165) is 11.1 Å². The van der Waals surface area contributed by atoms with E-state index in [4.69, 9.17) is 0 Å². The number of carbonyl (C=O) groups is 2. The fraction of sp³-hybridized carbons (Fsp3) is 0.0833. The first kappa shape index (κ1) is 21.4. The van der Waals surface area contributed by atoms with Crippen LogP contribution in [0.2, 0.25) is 0 Å². The number of rotatable bonds is 8. The predicted molar refractivity (Wildman–Crippen MR) is 118 cm³/mol. The molecule has 0 unspecified atom stereocenters. The van der Waals surface area contributed by atoms with Crippen LogP contribution in [-0.2, 0) is 22.7 Å².